The van der Waals surface area contributed by atoms with Crippen LogP contribution in [0, 0.1) is 0 Å². The van der Waals surface area contributed by atoms with Crippen molar-refractivity contribution in [3.8, 4) is 11.5 Å². The summed E-state index contributed by atoms with van der Waals surface area (Å²) >= 11 is 4.85. The maximum absolute atomic E-state index is 10.5. The molecule has 0 bridgehead atoms. The number of rotatable bonds is 4. The van der Waals surface area contributed by atoms with Crippen LogP contribution >= 0.6 is 27.3 Å². The summed E-state index contributed by atoms with van der Waals surface area (Å²) in [6, 6.07) is 7.39. The van der Waals surface area contributed by atoms with Crippen LogP contribution in [0.2, 0.25) is 0 Å². The van der Waals surface area contributed by atoms with Crippen molar-refractivity contribution in [2.45, 2.75) is 6.10 Å². The van der Waals surface area contributed by atoms with E-state index in [2.05, 4.69) is 15.9 Å². The molecule has 0 radical (unpaired) electrons. The molecule has 0 aliphatic carbocycles. The fourth-order valence-corrected chi connectivity index (χ4v) is 2.98. The highest BCUT2D eigenvalue weighted by atomic mass is 79.9. The van der Waals surface area contributed by atoms with Crippen molar-refractivity contribution in [3.63, 3.8) is 0 Å². The van der Waals surface area contributed by atoms with E-state index in [-0.39, 0.29) is 0 Å². The molecule has 1 heterocycles. The van der Waals surface area contributed by atoms with Gasteiger partial charge < -0.3 is 14.6 Å². The van der Waals surface area contributed by atoms with Gasteiger partial charge in [-0.2, -0.15) is 0 Å². The lowest BCUT2D eigenvalue weighted by atomic mass is 10.1. The van der Waals surface area contributed by atoms with E-state index in [1.54, 1.807) is 14.2 Å². The first-order valence-electron chi connectivity index (χ1n) is 5.30. The first-order valence-corrected chi connectivity index (χ1v) is 6.97. The number of ether oxygens (including phenoxy) is 2. The third kappa shape index (κ3) is 2.53. The molecule has 2 rings (SSSR count). The Labute approximate surface area is 118 Å². The zero-order chi connectivity index (χ0) is 13.1. The van der Waals surface area contributed by atoms with E-state index >= 15 is 0 Å². The van der Waals surface area contributed by atoms with Gasteiger partial charge in [0.15, 0.2) is 0 Å². The van der Waals surface area contributed by atoms with Gasteiger partial charge in [0.2, 0.25) is 0 Å². The van der Waals surface area contributed by atoms with Gasteiger partial charge in [-0.05, 0) is 29.6 Å². The van der Waals surface area contributed by atoms with Gasteiger partial charge in [-0.15, -0.1) is 11.3 Å². The van der Waals surface area contributed by atoms with Crippen molar-refractivity contribution in [2.75, 3.05) is 14.2 Å². The van der Waals surface area contributed by atoms with Gasteiger partial charge in [0.05, 0.1) is 19.1 Å². The van der Waals surface area contributed by atoms with Crippen molar-refractivity contribution < 1.29 is 14.6 Å². The van der Waals surface area contributed by atoms with Crippen LogP contribution in [0.25, 0.3) is 0 Å². The maximum atomic E-state index is 10.5. The van der Waals surface area contributed by atoms with Crippen molar-refractivity contribution >= 4 is 27.3 Å². The summed E-state index contributed by atoms with van der Waals surface area (Å²) < 4.78 is 11.4. The third-order valence-electron chi connectivity index (χ3n) is 2.61. The van der Waals surface area contributed by atoms with Crippen molar-refractivity contribution in [3.05, 3.63) is 44.6 Å². The number of aliphatic hydroxyl groups excluding tert-OH is 1. The molecule has 3 nitrogen and oxygen atoms in total. The summed E-state index contributed by atoms with van der Waals surface area (Å²) in [5.41, 5.74) is 0.715. The number of benzene rings is 1. The van der Waals surface area contributed by atoms with Crippen molar-refractivity contribution in [1.29, 1.82) is 0 Å². The minimum Gasteiger partial charge on any atom is -0.496 e. The Kier molecular flexibility index (Phi) is 4.27. The Balaban J connectivity index is 2.45. The SMILES string of the molecule is COc1ccc(Br)cc1C(O)c1sccc1OC. The topological polar surface area (TPSA) is 38.7 Å². The lowest BCUT2D eigenvalue weighted by Crippen LogP contribution is -2.02. The van der Waals surface area contributed by atoms with E-state index in [0.717, 1.165) is 9.35 Å². The van der Waals surface area contributed by atoms with E-state index in [4.69, 9.17) is 9.47 Å². The average Bonchev–Trinajstić information content (AvgIpc) is 2.86. The molecule has 0 saturated carbocycles. The van der Waals surface area contributed by atoms with Gasteiger partial charge in [-0.3, -0.25) is 0 Å². The summed E-state index contributed by atoms with van der Waals surface area (Å²) in [6.07, 6.45) is -0.757. The molecule has 0 spiro atoms. The Morgan fingerprint density at radius 2 is 1.89 bits per heavy atom. The van der Waals surface area contributed by atoms with Crippen LogP contribution in [-0.2, 0) is 0 Å². The molecule has 0 saturated heterocycles. The second-order valence-electron chi connectivity index (χ2n) is 3.64. The Bertz CT molecular complexity index is 539. The predicted molar refractivity (Wildman–Crippen MR) is 75.6 cm³/mol. The minimum absolute atomic E-state index is 0.654. The van der Waals surface area contributed by atoms with Crippen molar-refractivity contribution in [2.24, 2.45) is 0 Å². The van der Waals surface area contributed by atoms with Gasteiger partial charge in [0.25, 0.3) is 0 Å². The lowest BCUT2D eigenvalue weighted by Gasteiger charge is -2.15. The molecule has 96 valence electrons. The summed E-state index contributed by atoms with van der Waals surface area (Å²) in [4.78, 5) is 0.772. The number of thiophene rings is 1. The molecule has 2 aromatic rings. The zero-order valence-corrected chi connectivity index (χ0v) is 12.4. The highest BCUT2D eigenvalue weighted by molar-refractivity contribution is 9.10. The van der Waals surface area contributed by atoms with Crippen LogP contribution in [0.5, 0.6) is 11.5 Å². The van der Waals surface area contributed by atoms with Crippen LogP contribution in [0.3, 0.4) is 0 Å². The summed E-state index contributed by atoms with van der Waals surface area (Å²) in [7, 11) is 3.18. The fraction of sp³-hybridized carbons (Fsp3) is 0.231. The van der Waals surface area contributed by atoms with Crippen LogP contribution in [0.15, 0.2) is 34.1 Å². The fourth-order valence-electron chi connectivity index (χ4n) is 1.74. The molecule has 0 fully saturated rings. The number of halogens is 1. The number of methoxy groups -OCH3 is 2. The van der Waals surface area contributed by atoms with Crippen molar-refractivity contribution in [1.82, 2.24) is 0 Å². The van der Waals surface area contributed by atoms with E-state index in [9.17, 15) is 5.11 Å². The smallest absolute Gasteiger partial charge is 0.135 e. The van der Waals surface area contributed by atoms with E-state index < -0.39 is 6.10 Å². The van der Waals surface area contributed by atoms with Gasteiger partial charge in [0, 0.05) is 10.0 Å². The average molecular weight is 329 g/mol. The summed E-state index contributed by atoms with van der Waals surface area (Å²) in [5, 5.41) is 12.3. The highest BCUT2D eigenvalue weighted by Gasteiger charge is 2.20. The Morgan fingerprint density at radius 3 is 2.56 bits per heavy atom. The van der Waals surface area contributed by atoms with Crippen LogP contribution in [0.1, 0.15) is 16.5 Å². The van der Waals surface area contributed by atoms with Gasteiger partial charge >= 0.3 is 0 Å². The van der Waals surface area contributed by atoms with Crippen LogP contribution in [0.4, 0.5) is 0 Å². The van der Waals surface area contributed by atoms with Gasteiger partial charge in [0.1, 0.15) is 17.6 Å². The first-order chi connectivity index (χ1) is 8.67. The van der Waals surface area contributed by atoms with E-state index in [0.29, 0.717) is 17.1 Å². The molecule has 1 unspecified atom stereocenters. The molecule has 1 aromatic carbocycles. The molecule has 1 N–H and O–H groups in total. The summed E-state index contributed by atoms with van der Waals surface area (Å²) in [6.45, 7) is 0. The molecule has 5 heteroatoms. The highest BCUT2D eigenvalue weighted by Crippen LogP contribution is 2.38. The Morgan fingerprint density at radius 1 is 1.17 bits per heavy atom. The van der Waals surface area contributed by atoms with E-state index in [1.165, 1.54) is 11.3 Å². The number of hydrogen-bond donors (Lipinski definition) is 1. The molecular formula is C13H13BrO3S. The van der Waals surface area contributed by atoms with Gasteiger partial charge in [-0.1, -0.05) is 15.9 Å². The Hall–Kier alpha value is -1.04. The quantitative estimate of drug-likeness (QED) is 0.931. The molecule has 0 amide bonds. The normalized spacial score (nSPS) is 12.2. The standard InChI is InChI=1S/C13H13BrO3S/c1-16-10-4-3-8(14)7-9(10)12(15)13-11(17-2)5-6-18-13/h3-7,12,15H,1-2H3. The largest absolute Gasteiger partial charge is 0.496 e. The lowest BCUT2D eigenvalue weighted by molar-refractivity contribution is 0.213. The second-order valence-corrected chi connectivity index (χ2v) is 5.51. The van der Waals surface area contributed by atoms with E-state index in [1.807, 2.05) is 29.6 Å². The maximum Gasteiger partial charge on any atom is 0.135 e. The van der Waals surface area contributed by atoms with Crippen LogP contribution in [-0.4, -0.2) is 19.3 Å². The monoisotopic (exact) mass is 328 g/mol. The second kappa shape index (κ2) is 5.73. The molecule has 0 aliphatic heterocycles. The molecule has 1 aromatic heterocycles. The summed E-state index contributed by atoms with van der Waals surface area (Å²) in [5.74, 6) is 1.34. The molecular weight excluding hydrogens is 316 g/mol. The molecule has 1 atom stereocenters. The molecule has 0 aliphatic rings. The first kappa shape index (κ1) is 13.4. The number of hydrogen-bond acceptors (Lipinski definition) is 4. The van der Waals surface area contributed by atoms with Gasteiger partial charge in [-0.25, -0.2) is 0 Å². The predicted octanol–water partition coefficient (Wildman–Crippen LogP) is 3.61. The zero-order valence-electron chi connectivity index (χ0n) is 10.0. The van der Waals surface area contributed by atoms with Crippen LogP contribution < -0.4 is 9.47 Å². The minimum atomic E-state index is -0.757. The third-order valence-corrected chi connectivity index (χ3v) is 4.06. The molecule has 18 heavy (non-hydrogen) atoms. The number of aliphatic hydroxyl groups is 1.